The van der Waals surface area contributed by atoms with Gasteiger partial charge in [0, 0.05) is 18.0 Å². The first-order valence-corrected chi connectivity index (χ1v) is 7.22. The number of thiophene rings is 1. The zero-order valence-electron chi connectivity index (χ0n) is 12.2. The summed E-state index contributed by atoms with van der Waals surface area (Å²) in [5.41, 5.74) is 6.00. The van der Waals surface area contributed by atoms with Gasteiger partial charge in [0.25, 0.3) is 0 Å². The van der Waals surface area contributed by atoms with Crippen molar-refractivity contribution in [3.63, 3.8) is 0 Å². The average molecular weight is 396 g/mol. The van der Waals surface area contributed by atoms with Crippen LogP contribution in [0.25, 0.3) is 0 Å². The van der Waals surface area contributed by atoms with Crippen LogP contribution < -0.4 is 5.73 Å². The van der Waals surface area contributed by atoms with Crippen LogP contribution in [0.15, 0.2) is 22.5 Å². The molecule has 0 aliphatic heterocycles. The number of likely N-dealkylation sites (N-methyl/N-ethyl adjacent to an activating group) is 1. The molecule has 0 radical (unpaired) electrons. The van der Waals surface area contributed by atoms with E-state index in [1.807, 2.05) is 0 Å². The summed E-state index contributed by atoms with van der Waals surface area (Å²) in [6.07, 6.45) is 0. The van der Waals surface area contributed by atoms with E-state index in [1.165, 1.54) is 4.88 Å². The highest BCUT2D eigenvalue weighted by Gasteiger charge is 2.15. The summed E-state index contributed by atoms with van der Waals surface area (Å²) in [5.74, 6) is 0.642. The van der Waals surface area contributed by atoms with Crippen molar-refractivity contribution in [2.24, 2.45) is 10.7 Å². The monoisotopic (exact) mass is 396 g/mol. The van der Waals surface area contributed by atoms with Crippen molar-refractivity contribution in [3.05, 3.63) is 22.4 Å². The van der Waals surface area contributed by atoms with Gasteiger partial charge < -0.3 is 15.5 Å². The van der Waals surface area contributed by atoms with Crippen molar-refractivity contribution in [1.82, 2.24) is 9.80 Å². The zero-order chi connectivity index (χ0) is 13.5. The number of hydrogen-bond acceptors (Lipinski definition) is 3. The molecule has 0 fully saturated rings. The second-order valence-corrected chi connectivity index (χ2v) is 5.35. The van der Waals surface area contributed by atoms with Gasteiger partial charge in [-0.1, -0.05) is 6.07 Å². The molecule has 1 rings (SSSR count). The highest BCUT2D eigenvalue weighted by molar-refractivity contribution is 14.0. The van der Waals surface area contributed by atoms with Gasteiger partial charge in [0.05, 0.1) is 12.6 Å². The van der Waals surface area contributed by atoms with E-state index < -0.39 is 0 Å². The summed E-state index contributed by atoms with van der Waals surface area (Å²) in [5, 5.41) is 2.10. The largest absolute Gasteiger partial charge is 0.370 e. The van der Waals surface area contributed by atoms with E-state index in [4.69, 9.17) is 5.73 Å². The van der Waals surface area contributed by atoms with Gasteiger partial charge in [0.15, 0.2) is 5.96 Å². The molecule has 4 nitrogen and oxygen atoms in total. The van der Waals surface area contributed by atoms with Crippen molar-refractivity contribution >= 4 is 41.3 Å². The molecule has 0 aliphatic rings. The van der Waals surface area contributed by atoms with Crippen LogP contribution in [0.2, 0.25) is 0 Å². The van der Waals surface area contributed by atoms with Crippen LogP contribution in [0.5, 0.6) is 0 Å². The minimum absolute atomic E-state index is 0. The molecular weight excluding hydrogens is 371 g/mol. The van der Waals surface area contributed by atoms with E-state index >= 15 is 0 Å². The Hall–Kier alpha value is -0.340. The molecule has 0 spiro atoms. The SMILES string of the molecule is CCN(CC)C(N)=NCC(c1cccs1)N(C)C.I. The Morgan fingerprint density at radius 3 is 2.42 bits per heavy atom. The number of halogens is 1. The Morgan fingerprint density at radius 2 is 2.00 bits per heavy atom. The predicted octanol–water partition coefficient (Wildman–Crippen LogP) is 2.63. The van der Waals surface area contributed by atoms with Crippen LogP contribution in [0.1, 0.15) is 24.8 Å². The second kappa shape index (κ2) is 9.55. The molecule has 0 aliphatic carbocycles. The molecule has 1 aromatic rings. The predicted molar refractivity (Wildman–Crippen MR) is 95.6 cm³/mol. The summed E-state index contributed by atoms with van der Waals surface area (Å²) in [4.78, 5) is 10.1. The van der Waals surface area contributed by atoms with Crippen molar-refractivity contribution < 1.29 is 0 Å². The molecule has 1 unspecified atom stereocenters. The molecule has 19 heavy (non-hydrogen) atoms. The molecule has 0 saturated carbocycles. The summed E-state index contributed by atoms with van der Waals surface area (Å²) < 4.78 is 0. The van der Waals surface area contributed by atoms with Crippen LogP contribution in [0, 0.1) is 0 Å². The molecule has 0 saturated heterocycles. The Labute approximate surface area is 137 Å². The smallest absolute Gasteiger partial charge is 0.191 e. The van der Waals surface area contributed by atoms with Crippen molar-refractivity contribution in [1.29, 1.82) is 0 Å². The zero-order valence-corrected chi connectivity index (χ0v) is 15.3. The highest BCUT2D eigenvalue weighted by atomic mass is 127. The van der Waals surface area contributed by atoms with Gasteiger partial charge in [0.1, 0.15) is 0 Å². The fraction of sp³-hybridized carbons (Fsp3) is 0.615. The first-order chi connectivity index (χ1) is 8.60. The summed E-state index contributed by atoms with van der Waals surface area (Å²) in [7, 11) is 4.15. The summed E-state index contributed by atoms with van der Waals surface area (Å²) in [6, 6.07) is 4.53. The third kappa shape index (κ3) is 5.66. The normalized spacial score (nSPS) is 13.2. The minimum Gasteiger partial charge on any atom is -0.370 e. The Bertz CT molecular complexity index is 361. The maximum Gasteiger partial charge on any atom is 0.191 e. The lowest BCUT2D eigenvalue weighted by Gasteiger charge is -2.23. The Balaban J connectivity index is 0.00000324. The van der Waals surface area contributed by atoms with Crippen LogP contribution in [-0.2, 0) is 0 Å². The van der Waals surface area contributed by atoms with Gasteiger partial charge in [-0.3, -0.25) is 4.99 Å². The molecular formula is C13H25IN4S. The molecule has 6 heteroatoms. The van der Waals surface area contributed by atoms with Crippen molar-refractivity contribution in [2.45, 2.75) is 19.9 Å². The van der Waals surface area contributed by atoms with Gasteiger partial charge in [-0.25, -0.2) is 0 Å². The topological polar surface area (TPSA) is 44.9 Å². The lowest BCUT2D eigenvalue weighted by Crippen LogP contribution is -2.37. The quantitative estimate of drug-likeness (QED) is 0.457. The molecule has 0 amide bonds. The van der Waals surface area contributed by atoms with Crippen LogP contribution in [0.4, 0.5) is 0 Å². The average Bonchev–Trinajstić information content (AvgIpc) is 2.84. The lowest BCUT2D eigenvalue weighted by atomic mass is 10.2. The maximum absolute atomic E-state index is 6.00. The molecule has 0 bridgehead atoms. The summed E-state index contributed by atoms with van der Waals surface area (Å²) in [6.45, 7) is 6.69. The first-order valence-electron chi connectivity index (χ1n) is 6.34. The van der Waals surface area contributed by atoms with Crippen molar-refractivity contribution in [2.75, 3.05) is 33.7 Å². The molecule has 1 heterocycles. The first kappa shape index (κ1) is 18.7. The van der Waals surface area contributed by atoms with Gasteiger partial charge in [-0.2, -0.15) is 0 Å². The molecule has 1 atom stereocenters. The number of hydrogen-bond donors (Lipinski definition) is 1. The van der Waals surface area contributed by atoms with Gasteiger partial charge in [-0.15, -0.1) is 35.3 Å². The number of guanidine groups is 1. The van der Waals surface area contributed by atoms with Crippen molar-refractivity contribution in [3.8, 4) is 0 Å². The highest BCUT2D eigenvalue weighted by Crippen LogP contribution is 2.23. The van der Waals surface area contributed by atoms with E-state index in [1.54, 1.807) is 11.3 Å². The Kier molecular flexibility index (Phi) is 9.38. The molecule has 2 N–H and O–H groups in total. The standard InChI is InChI=1S/C13H24N4S.HI/c1-5-17(6-2)13(14)15-10-11(16(3)4)12-8-7-9-18-12;/h7-9,11H,5-6,10H2,1-4H3,(H2,14,15);1H. The number of aliphatic imine (C=N–C) groups is 1. The molecule has 1 aromatic heterocycles. The van der Waals surface area contributed by atoms with Crippen LogP contribution >= 0.6 is 35.3 Å². The molecule has 0 aromatic carbocycles. The molecule has 110 valence electrons. The maximum atomic E-state index is 6.00. The third-order valence-electron chi connectivity index (χ3n) is 3.01. The van der Waals surface area contributed by atoms with Gasteiger partial charge in [0.2, 0.25) is 0 Å². The summed E-state index contributed by atoms with van der Waals surface area (Å²) >= 11 is 1.77. The lowest BCUT2D eigenvalue weighted by molar-refractivity contribution is 0.309. The van der Waals surface area contributed by atoms with E-state index in [2.05, 4.69) is 60.2 Å². The number of rotatable bonds is 6. The van der Waals surface area contributed by atoms with E-state index in [9.17, 15) is 0 Å². The van der Waals surface area contributed by atoms with Crippen LogP contribution in [0.3, 0.4) is 0 Å². The minimum atomic E-state index is 0. The van der Waals surface area contributed by atoms with Gasteiger partial charge in [-0.05, 0) is 39.4 Å². The van der Waals surface area contributed by atoms with E-state index in [0.29, 0.717) is 18.5 Å². The number of nitrogens with two attached hydrogens (primary N) is 1. The van der Waals surface area contributed by atoms with Crippen LogP contribution in [-0.4, -0.2) is 49.5 Å². The third-order valence-corrected chi connectivity index (χ3v) is 3.98. The fourth-order valence-corrected chi connectivity index (χ4v) is 2.73. The fourth-order valence-electron chi connectivity index (χ4n) is 1.82. The van der Waals surface area contributed by atoms with E-state index in [-0.39, 0.29) is 24.0 Å². The number of nitrogens with zero attached hydrogens (tertiary/aromatic N) is 3. The Morgan fingerprint density at radius 1 is 1.37 bits per heavy atom. The van der Waals surface area contributed by atoms with Gasteiger partial charge >= 0.3 is 0 Å². The second-order valence-electron chi connectivity index (χ2n) is 4.37. The van der Waals surface area contributed by atoms with E-state index in [0.717, 1.165) is 13.1 Å².